The van der Waals surface area contributed by atoms with Crippen LogP contribution in [0.25, 0.3) is 44.1 Å². The van der Waals surface area contributed by atoms with Crippen molar-refractivity contribution in [1.82, 2.24) is 15.0 Å². The minimum absolute atomic E-state index is 0.789. The first-order chi connectivity index (χ1) is 11.4. The van der Waals surface area contributed by atoms with Crippen molar-refractivity contribution in [1.29, 1.82) is 0 Å². The van der Waals surface area contributed by atoms with E-state index in [9.17, 15) is 0 Å². The molecule has 0 atom stereocenters. The van der Waals surface area contributed by atoms with Gasteiger partial charge in [0.2, 0.25) is 0 Å². The van der Waals surface area contributed by atoms with Crippen LogP contribution in [0.3, 0.4) is 0 Å². The highest BCUT2D eigenvalue weighted by molar-refractivity contribution is 6.10. The van der Waals surface area contributed by atoms with Crippen LogP contribution in [0.4, 0.5) is 0 Å². The minimum atomic E-state index is 0.789. The fourth-order valence-corrected chi connectivity index (χ4v) is 2.98. The second kappa shape index (κ2) is 4.61. The second-order valence-electron chi connectivity index (χ2n) is 5.42. The second-order valence-corrected chi connectivity index (χ2v) is 5.42. The van der Waals surface area contributed by atoms with Crippen molar-refractivity contribution in [3.63, 3.8) is 0 Å². The third kappa shape index (κ3) is 1.82. The van der Waals surface area contributed by atoms with Crippen molar-refractivity contribution in [3.8, 4) is 11.3 Å². The average molecular weight is 297 g/mol. The van der Waals surface area contributed by atoms with E-state index in [1.807, 2.05) is 42.7 Å². The van der Waals surface area contributed by atoms with Gasteiger partial charge in [-0.15, -0.1) is 0 Å². The van der Waals surface area contributed by atoms with Gasteiger partial charge in [0.15, 0.2) is 5.58 Å². The highest BCUT2D eigenvalue weighted by Gasteiger charge is 2.14. The molecule has 5 rings (SSSR count). The lowest BCUT2D eigenvalue weighted by molar-refractivity contribution is 0.668. The predicted octanol–water partition coefficient (Wildman–Crippen LogP) is 4.59. The van der Waals surface area contributed by atoms with Gasteiger partial charge < -0.3 is 4.42 Å². The fraction of sp³-hybridized carbons (Fsp3) is 0. The monoisotopic (exact) mass is 297 g/mol. The van der Waals surface area contributed by atoms with Gasteiger partial charge in [-0.2, -0.15) is 0 Å². The Labute approximate surface area is 131 Å². The highest BCUT2D eigenvalue weighted by Crippen LogP contribution is 2.35. The number of pyridine rings is 3. The lowest BCUT2D eigenvalue weighted by Crippen LogP contribution is -1.86. The van der Waals surface area contributed by atoms with Crippen LogP contribution < -0.4 is 0 Å². The van der Waals surface area contributed by atoms with Gasteiger partial charge >= 0.3 is 0 Å². The van der Waals surface area contributed by atoms with Gasteiger partial charge in [-0.3, -0.25) is 15.0 Å². The van der Waals surface area contributed by atoms with Crippen LogP contribution in [-0.2, 0) is 0 Å². The molecule has 4 nitrogen and oxygen atoms in total. The summed E-state index contributed by atoms with van der Waals surface area (Å²) in [4.78, 5) is 13.3. The van der Waals surface area contributed by atoms with Crippen LogP contribution in [0.2, 0.25) is 0 Å². The van der Waals surface area contributed by atoms with Crippen LogP contribution in [0, 0.1) is 0 Å². The molecule has 0 N–H and O–H groups in total. The molecule has 0 unspecified atom stereocenters. The molecule has 0 saturated heterocycles. The number of furan rings is 1. The first-order valence-corrected chi connectivity index (χ1v) is 7.36. The molecule has 0 radical (unpaired) electrons. The summed E-state index contributed by atoms with van der Waals surface area (Å²) < 4.78 is 5.90. The Morgan fingerprint density at radius 2 is 1.74 bits per heavy atom. The predicted molar refractivity (Wildman–Crippen MR) is 90.0 cm³/mol. The number of nitrogens with zero attached hydrogens (tertiary/aromatic N) is 3. The summed E-state index contributed by atoms with van der Waals surface area (Å²) in [5.74, 6) is 0. The Hall–Kier alpha value is -3.27. The van der Waals surface area contributed by atoms with Gasteiger partial charge in [0, 0.05) is 41.1 Å². The molecular weight excluding hydrogens is 286 g/mol. The van der Waals surface area contributed by atoms with E-state index in [1.165, 1.54) is 0 Å². The maximum absolute atomic E-state index is 5.90. The number of hydrogen-bond acceptors (Lipinski definition) is 4. The van der Waals surface area contributed by atoms with Gasteiger partial charge in [0.1, 0.15) is 11.1 Å². The Balaban J connectivity index is 1.87. The summed E-state index contributed by atoms with van der Waals surface area (Å²) in [6.45, 7) is 0. The van der Waals surface area contributed by atoms with E-state index < -0.39 is 0 Å². The van der Waals surface area contributed by atoms with E-state index in [4.69, 9.17) is 4.42 Å². The topological polar surface area (TPSA) is 51.8 Å². The molecule has 23 heavy (non-hydrogen) atoms. The van der Waals surface area contributed by atoms with E-state index >= 15 is 0 Å². The zero-order valence-corrected chi connectivity index (χ0v) is 12.1. The van der Waals surface area contributed by atoms with Crippen LogP contribution in [-0.4, -0.2) is 15.0 Å². The molecule has 1 aromatic carbocycles. The first-order valence-electron chi connectivity index (χ1n) is 7.36. The molecule has 0 amide bonds. The quantitative estimate of drug-likeness (QED) is 0.454. The van der Waals surface area contributed by atoms with E-state index in [-0.39, 0.29) is 0 Å². The Kier molecular flexibility index (Phi) is 2.46. The van der Waals surface area contributed by atoms with Gasteiger partial charge in [-0.05, 0) is 30.3 Å². The summed E-state index contributed by atoms with van der Waals surface area (Å²) in [7, 11) is 0. The smallest absolute Gasteiger partial charge is 0.153 e. The van der Waals surface area contributed by atoms with E-state index in [1.54, 1.807) is 12.4 Å². The zero-order chi connectivity index (χ0) is 15.2. The number of aromatic nitrogens is 3. The van der Waals surface area contributed by atoms with E-state index in [0.29, 0.717) is 0 Å². The number of benzene rings is 1. The molecule has 4 aromatic heterocycles. The number of hydrogen-bond donors (Lipinski definition) is 0. The van der Waals surface area contributed by atoms with Crippen molar-refractivity contribution in [2.75, 3.05) is 0 Å². The van der Waals surface area contributed by atoms with Gasteiger partial charge in [-0.1, -0.05) is 12.1 Å². The molecule has 108 valence electrons. The maximum atomic E-state index is 5.90. The van der Waals surface area contributed by atoms with Crippen molar-refractivity contribution in [2.45, 2.75) is 0 Å². The van der Waals surface area contributed by atoms with Gasteiger partial charge in [0.05, 0.1) is 11.1 Å². The van der Waals surface area contributed by atoms with Crippen LogP contribution in [0.1, 0.15) is 0 Å². The molecule has 4 heterocycles. The molecule has 0 saturated carbocycles. The highest BCUT2D eigenvalue weighted by atomic mass is 16.3. The number of fused-ring (bicyclic) bond motifs is 4. The summed E-state index contributed by atoms with van der Waals surface area (Å²) in [5.41, 5.74) is 4.39. The third-order valence-electron chi connectivity index (χ3n) is 4.05. The summed E-state index contributed by atoms with van der Waals surface area (Å²) in [6.07, 6.45) is 7.29. The van der Waals surface area contributed by atoms with Crippen LogP contribution in [0.5, 0.6) is 0 Å². The third-order valence-corrected chi connectivity index (χ3v) is 4.05. The Bertz CT molecular complexity index is 1180. The van der Waals surface area contributed by atoms with Crippen LogP contribution >= 0.6 is 0 Å². The normalized spacial score (nSPS) is 11.5. The van der Waals surface area contributed by atoms with Crippen molar-refractivity contribution in [3.05, 3.63) is 67.3 Å². The zero-order valence-electron chi connectivity index (χ0n) is 12.1. The maximum Gasteiger partial charge on any atom is 0.153 e. The summed E-state index contributed by atoms with van der Waals surface area (Å²) in [5, 5.41) is 3.14. The fourth-order valence-electron chi connectivity index (χ4n) is 2.98. The molecule has 0 bridgehead atoms. The number of rotatable bonds is 1. The van der Waals surface area contributed by atoms with Crippen molar-refractivity contribution >= 4 is 32.8 Å². The van der Waals surface area contributed by atoms with Crippen LogP contribution in [0.15, 0.2) is 71.7 Å². The lowest BCUT2D eigenvalue weighted by atomic mass is 10.0. The molecule has 0 fully saturated rings. The summed E-state index contributed by atoms with van der Waals surface area (Å²) in [6, 6.07) is 13.8. The lowest BCUT2D eigenvalue weighted by Gasteiger charge is -2.04. The van der Waals surface area contributed by atoms with Gasteiger partial charge in [-0.25, -0.2) is 0 Å². The molecule has 0 aliphatic heterocycles. The minimum Gasteiger partial charge on any atom is -0.454 e. The molecule has 0 aliphatic carbocycles. The Morgan fingerprint density at radius 3 is 2.74 bits per heavy atom. The SMILES string of the molecule is c1cnc2c(c1)oc1cccc(-c3cc4cnccc4cn3)c12. The van der Waals surface area contributed by atoms with Gasteiger partial charge in [0.25, 0.3) is 0 Å². The molecule has 0 spiro atoms. The molecular formula is C19H11N3O. The van der Waals surface area contributed by atoms with E-state index in [2.05, 4.69) is 27.1 Å². The first kappa shape index (κ1) is 12.3. The standard InChI is InChI=1S/C19H11N3O/c1-3-14(15-9-13-10-20-8-6-12(13)11-22-15)18-16(4-1)23-17-5-2-7-21-19(17)18/h1-11H. The van der Waals surface area contributed by atoms with E-state index in [0.717, 1.165) is 44.1 Å². The van der Waals surface area contributed by atoms with Crippen molar-refractivity contribution in [2.24, 2.45) is 0 Å². The molecule has 0 aliphatic rings. The molecule has 4 heteroatoms. The van der Waals surface area contributed by atoms with Crippen molar-refractivity contribution < 1.29 is 4.42 Å². The summed E-state index contributed by atoms with van der Waals surface area (Å²) >= 11 is 0. The molecule has 5 aromatic rings. The Morgan fingerprint density at radius 1 is 0.783 bits per heavy atom. The average Bonchev–Trinajstić information content (AvgIpc) is 3.00. The largest absolute Gasteiger partial charge is 0.454 e.